The van der Waals surface area contributed by atoms with Crippen LogP contribution in [0.4, 0.5) is 24.5 Å². The van der Waals surface area contributed by atoms with Crippen LogP contribution in [0.1, 0.15) is 30.7 Å². The summed E-state index contributed by atoms with van der Waals surface area (Å²) in [4.78, 5) is 15.7. The van der Waals surface area contributed by atoms with E-state index in [1.165, 1.54) is 17.0 Å². The van der Waals surface area contributed by atoms with E-state index in [4.69, 9.17) is 4.42 Å². The fourth-order valence-corrected chi connectivity index (χ4v) is 4.80. The molecule has 0 aliphatic carbocycles. The van der Waals surface area contributed by atoms with Crippen LogP contribution in [0.5, 0.6) is 0 Å². The van der Waals surface area contributed by atoms with Crippen molar-refractivity contribution in [3.05, 3.63) is 59.7 Å². The topological polar surface area (TPSA) is 65.7 Å². The van der Waals surface area contributed by atoms with Crippen molar-refractivity contribution in [3.8, 4) is 11.5 Å². The molecule has 0 saturated carbocycles. The van der Waals surface area contributed by atoms with E-state index in [1.807, 2.05) is 31.3 Å². The first-order chi connectivity index (χ1) is 16.9. The number of rotatable bonds is 9. The highest BCUT2D eigenvalue weighted by molar-refractivity contribution is 7.96. The minimum atomic E-state index is -2.90. The zero-order valence-electron chi connectivity index (χ0n) is 19.4. The third-order valence-corrected chi connectivity index (χ3v) is 7.08. The average Bonchev–Trinajstić information content (AvgIpc) is 3.39. The second-order valence-corrected chi connectivity index (χ2v) is 9.11. The molecule has 1 aliphatic rings. The monoisotopic (exact) mass is 505 g/mol. The van der Waals surface area contributed by atoms with Crippen LogP contribution < -0.4 is 9.80 Å². The Morgan fingerprint density at radius 3 is 2.49 bits per heavy atom. The molecule has 1 aromatic heterocycles. The van der Waals surface area contributed by atoms with E-state index in [0.717, 1.165) is 37.7 Å². The van der Waals surface area contributed by atoms with E-state index in [-0.39, 0.29) is 23.6 Å². The van der Waals surface area contributed by atoms with Crippen molar-refractivity contribution in [2.24, 2.45) is 0 Å². The van der Waals surface area contributed by atoms with Gasteiger partial charge in [0.05, 0.1) is 17.9 Å². The first kappa shape index (κ1) is 25.1. The zero-order chi connectivity index (χ0) is 24.9. The van der Waals surface area contributed by atoms with Gasteiger partial charge in [-0.3, -0.25) is 9.10 Å². The summed E-state index contributed by atoms with van der Waals surface area (Å²) in [6.45, 7) is 1.98. The molecule has 1 saturated heterocycles. The zero-order valence-corrected chi connectivity index (χ0v) is 20.2. The largest absolute Gasteiger partial charge is 0.415 e. The second-order valence-electron chi connectivity index (χ2n) is 8.23. The van der Waals surface area contributed by atoms with Crippen LogP contribution in [-0.4, -0.2) is 53.3 Å². The molecular formula is C24H26F3N5O2S. The molecule has 1 amide bonds. The maximum atomic E-state index is 14.9. The maximum Gasteiger partial charge on any atom is 0.314 e. The number of aromatic nitrogens is 2. The number of anilines is 2. The van der Waals surface area contributed by atoms with Crippen molar-refractivity contribution in [3.63, 3.8) is 0 Å². The standard InChI is InChI=1S/C24H26F3N5O2S/c1-30(18-9-11-32(35-2)12-10-18)20-5-3-4-6-21(20)31(15-33)14-17-8-7-16(13-19(17)25)23-28-29-24(34-23)22(26)27/h3-8,13,15,18,22H,9-12,14H2,1-2H3. The van der Waals surface area contributed by atoms with Crippen molar-refractivity contribution in [1.29, 1.82) is 0 Å². The normalized spacial score (nSPS) is 14.9. The first-order valence-electron chi connectivity index (χ1n) is 11.1. The van der Waals surface area contributed by atoms with E-state index in [9.17, 15) is 18.0 Å². The van der Waals surface area contributed by atoms with Gasteiger partial charge < -0.3 is 14.2 Å². The molecule has 2 aromatic carbocycles. The number of halogens is 3. The summed E-state index contributed by atoms with van der Waals surface area (Å²) in [5, 5.41) is 6.82. The van der Waals surface area contributed by atoms with Gasteiger partial charge in [0.1, 0.15) is 5.82 Å². The smallest absolute Gasteiger partial charge is 0.314 e. The van der Waals surface area contributed by atoms with Crippen molar-refractivity contribution < 1.29 is 22.4 Å². The van der Waals surface area contributed by atoms with Gasteiger partial charge in [-0.25, -0.2) is 4.39 Å². The van der Waals surface area contributed by atoms with Crippen LogP contribution in [0.2, 0.25) is 0 Å². The SMILES string of the molecule is CSN1CCC(N(C)c2ccccc2N(C=O)Cc2ccc(-c3nnc(C(F)F)o3)cc2F)CC1. The van der Waals surface area contributed by atoms with Crippen LogP contribution in [-0.2, 0) is 11.3 Å². The van der Waals surface area contributed by atoms with Crippen molar-refractivity contribution in [1.82, 2.24) is 14.5 Å². The highest BCUT2D eigenvalue weighted by Gasteiger charge is 2.25. The van der Waals surface area contributed by atoms with Gasteiger partial charge in [0.25, 0.3) is 5.89 Å². The Kier molecular flexibility index (Phi) is 7.97. The summed E-state index contributed by atoms with van der Waals surface area (Å²) in [5.41, 5.74) is 2.02. The van der Waals surface area contributed by atoms with Gasteiger partial charge in [-0.15, -0.1) is 10.2 Å². The number of hydrogen-bond donors (Lipinski definition) is 0. The molecule has 0 atom stereocenters. The van der Waals surface area contributed by atoms with Gasteiger partial charge in [0.2, 0.25) is 12.3 Å². The molecule has 0 N–H and O–H groups in total. The lowest BCUT2D eigenvalue weighted by Crippen LogP contribution is -2.41. The third-order valence-electron chi connectivity index (χ3n) is 6.20. The molecular weight excluding hydrogens is 479 g/mol. The Morgan fingerprint density at radius 2 is 1.89 bits per heavy atom. The fourth-order valence-electron chi connectivity index (χ4n) is 4.22. The number of carbonyl (C=O) groups is 1. The Hall–Kier alpha value is -3.05. The molecule has 0 spiro atoms. The molecule has 0 bridgehead atoms. The van der Waals surface area contributed by atoms with Crippen LogP contribution in [0, 0.1) is 5.82 Å². The number of alkyl halides is 2. The van der Waals surface area contributed by atoms with E-state index >= 15 is 0 Å². The summed E-state index contributed by atoms with van der Waals surface area (Å²) in [6.07, 6.45) is 1.87. The minimum absolute atomic E-state index is 0.00248. The van der Waals surface area contributed by atoms with E-state index in [2.05, 4.69) is 25.7 Å². The van der Waals surface area contributed by atoms with Crippen LogP contribution in [0.25, 0.3) is 11.5 Å². The van der Waals surface area contributed by atoms with Crippen LogP contribution in [0.3, 0.4) is 0 Å². The summed E-state index contributed by atoms with van der Waals surface area (Å²) >= 11 is 1.75. The van der Waals surface area contributed by atoms with E-state index < -0.39 is 18.1 Å². The summed E-state index contributed by atoms with van der Waals surface area (Å²) < 4.78 is 47.6. The van der Waals surface area contributed by atoms with Gasteiger partial charge in [-0.05, 0) is 43.4 Å². The molecule has 1 aliphatic heterocycles. The Labute approximate surface area is 206 Å². The van der Waals surface area contributed by atoms with Crippen LogP contribution in [0.15, 0.2) is 46.9 Å². The minimum Gasteiger partial charge on any atom is -0.415 e. The van der Waals surface area contributed by atoms with Gasteiger partial charge in [0.15, 0.2) is 0 Å². The molecule has 2 heterocycles. The average molecular weight is 506 g/mol. The molecule has 7 nitrogen and oxygen atoms in total. The number of carbonyl (C=O) groups excluding carboxylic acids is 1. The molecule has 0 radical (unpaired) electrons. The number of hydrogen-bond acceptors (Lipinski definition) is 7. The summed E-state index contributed by atoms with van der Waals surface area (Å²) in [7, 11) is 2.02. The van der Waals surface area contributed by atoms with E-state index in [0.29, 0.717) is 18.1 Å². The van der Waals surface area contributed by atoms with Crippen molar-refractivity contribution in [2.45, 2.75) is 31.9 Å². The molecule has 35 heavy (non-hydrogen) atoms. The van der Waals surface area contributed by atoms with Gasteiger partial charge in [0, 0.05) is 37.3 Å². The summed E-state index contributed by atoms with van der Waals surface area (Å²) in [6, 6.07) is 12.0. The maximum absolute atomic E-state index is 14.9. The lowest BCUT2D eigenvalue weighted by molar-refractivity contribution is -0.107. The number of nitrogens with zero attached hydrogens (tertiary/aromatic N) is 5. The Balaban J connectivity index is 1.53. The molecule has 11 heteroatoms. The number of piperidine rings is 1. The van der Waals surface area contributed by atoms with Crippen LogP contribution >= 0.6 is 11.9 Å². The number of para-hydroxylation sites is 2. The molecule has 4 rings (SSSR count). The highest BCUT2D eigenvalue weighted by atomic mass is 32.2. The molecule has 0 unspecified atom stereocenters. The van der Waals surface area contributed by atoms with E-state index in [1.54, 1.807) is 11.9 Å². The lowest BCUT2D eigenvalue weighted by atomic mass is 10.0. The Bertz CT molecular complexity index is 1150. The number of benzene rings is 2. The van der Waals surface area contributed by atoms with Crippen molar-refractivity contribution in [2.75, 3.05) is 36.2 Å². The quantitative estimate of drug-likeness (QED) is 0.294. The highest BCUT2D eigenvalue weighted by Crippen LogP contribution is 2.33. The number of amides is 1. The van der Waals surface area contributed by atoms with Crippen molar-refractivity contribution >= 4 is 29.7 Å². The predicted molar refractivity (Wildman–Crippen MR) is 130 cm³/mol. The molecule has 1 fully saturated rings. The summed E-state index contributed by atoms with van der Waals surface area (Å²) in [5.74, 6) is -1.63. The molecule has 186 valence electrons. The predicted octanol–water partition coefficient (Wildman–Crippen LogP) is 5.15. The fraction of sp³-hybridized carbons (Fsp3) is 0.375. The Morgan fingerprint density at radius 1 is 1.17 bits per heavy atom. The third kappa shape index (κ3) is 5.62. The first-order valence-corrected chi connectivity index (χ1v) is 12.3. The van der Waals surface area contributed by atoms with Gasteiger partial charge >= 0.3 is 6.43 Å². The van der Waals surface area contributed by atoms with Gasteiger partial charge in [-0.2, -0.15) is 8.78 Å². The van der Waals surface area contributed by atoms with Gasteiger partial charge in [-0.1, -0.05) is 30.1 Å². The molecule has 3 aromatic rings. The second kappa shape index (κ2) is 11.1. The lowest BCUT2D eigenvalue weighted by Gasteiger charge is -2.38.